The summed E-state index contributed by atoms with van der Waals surface area (Å²) in [5.74, 6) is 0.255. The van der Waals surface area contributed by atoms with E-state index in [9.17, 15) is 0 Å². The second-order valence-electron chi connectivity index (χ2n) is 16.6. The first-order chi connectivity index (χ1) is 31.8. The molecule has 0 saturated heterocycles. The van der Waals surface area contributed by atoms with E-state index in [-0.39, 0.29) is 5.92 Å². The molecule has 0 saturated carbocycles. The fraction of sp³-hybridized carbons (Fsp3) is 0.0328. The van der Waals surface area contributed by atoms with Crippen LogP contribution < -0.4 is 0 Å². The topological polar surface area (TPSA) is 22.8 Å². The van der Waals surface area contributed by atoms with Crippen LogP contribution in [0.2, 0.25) is 0 Å². The number of fused-ring (bicyclic) bond motifs is 3. The molecule has 3 aromatic heterocycles. The van der Waals surface area contributed by atoms with Gasteiger partial charge >= 0.3 is 0 Å². The summed E-state index contributed by atoms with van der Waals surface area (Å²) in [5.41, 5.74) is 14.9. The molecule has 0 spiro atoms. The van der Waals surface area contributed by atoms with Crippen LogP contribution in [0.3, 0.4) is 0 Å². The Hall–Kier alpha value is -8.27. The largest absolute Gasteiger partial charge is 0.313 e. The van der Waals surface area contributed by atoms with E-state index < -0.39 is 0 Å². The molecule has 3 nitrogen and oxygen atoms in total. The summed E-state index contributed by atoms with van der Waals surface area (Å²) in [5, 5.41) is 7.10. The third-order valence-corrected chi connectivity index (χ3v) is 12.9. The van der Waals surface area contributed by atoms with Crippen LogP contribution in [0.25, 0.3) is 99.8 Å². The highest BCUT2D eigenvalue weighted by atomic mass is 15.0. The van der Waals surface area contributed by atoms with Crippen molar-refractivity contribution in [2.75, 3.05) is 0 Å². The van der Waals surface area contributed by atoms with Crippen LogP contribution >= 0.6 is 0 Å². The van der Waals surface area contributed by atoms with Crippen molar-refractivity contribution in [2.24, 2.45) is 0 Å². The maximum atomic E-state index is 5.10. The molecule has 11 aromatic rings. The van der Waals surface area contributed by atoms with Crippen molar-refractivity contribution in [3.05, 3.63) is 249 Å². The summed E-state index contributed by atoms with van der Waals surface area (Å²) in [6, 6.07) is 77.4. The van der Waals surface area contributed by atoms with Gasteiger partial charge in [-0.05, 0) is 127 Å². The highest BCUT2D eigenvalue weighted by Crippen LogP contribution is 2.47. The lowest BCUT2D eigenvalue weighted by Gasteiger charge is -2.23. The lowest BCUT2D eigenvalue weighted by Crippen LogP contribution is -2.07. The van der Waals surface area contributed by atoms with Crippen molar-refractivity contribution in [1.82, 2.24) is 14.1 Å². The maximum absolute atomic E-state index is 5.10. The summed E-state index contributed by atoms with van der Waals surface area (Å²) < 4.78 is 4.91. The van der Waals surface area contributed by atoms with Crippen LogP contribution in [0.4, 0.5) is 0 Å². The van der Waals surface area contributed by atoms with E-state index in [0.29, 0.717) is 0 Å². The monoisotopic (exact) mass is 817 g/mol. The molecule has 0 N–H and O–H groups in total. The Balaban J connectivity index is 1.20. The van der Waals surface area contributed by atoms with Crippen molar-refractivity contribution in [1.29, 1.82) is 0 Å². The standard InChI is InChI=1S/C61H43N3/c1-5-19-43(20-6-1)56-35-36-57(44-21-7-2-8-22-44)63(56)47-32-34-52-53(40-47)60(50-29-17-27-42-18-13-14-28-49(42)50)51-33-31-48(41-54(51)61(52)55-30-15-16-39-62-55)64-58(45-23-9-3-10-24-45)37-38-59(64)46-25-11-4-12-26-46/h1-25,27-41,46H,26H2. The van der Waals surface area contributed by atoms with Crippen molar-refractivity contribution in [3.63, 3.8) is 0 Å². The number of hydrogen-bond acceptors (Lipinski definition) is 1. The van der Waals surface area contributed by atoms with Crippen molar-refractivity contribution < 1.29 is 0 Å². The highest BCUT2D eigenvalue weighted by molar-refractivity contribution is 6.24. The van der Waals surface area contributed by atoms with E-state index in [1.807, 2.05) is 12.3 Å². The minimum atomic E-state index is 0.255. The highest BCUT2D eigenvalue weighted by Gasteiger charge is 2.24. The van der Waals surface area contributed by atoms with E-state index in [1.165, 1.54) is 60.8 Å². The lowest BCUT2D eigenvalue weighted by atomic mass is 9.85. The summed E-state index contributed by atoms with van der Waals surface area (Å²) in [7, 11) is 0. The molecule has 8 aromatic carbocycles. The van der Waals surface area contributed by atoms with Crippen molar-refractivity contribution >= 4 is 32.3 Å². The molecule has 0 bridgehead atoms. The van der Waals surface area contributed by atoms with Crippen LogP contribution in [0, 0.1) is 0 Å². The van der Waals surface area contributed by atoms with Gasteiger partial charge in [-0.1, -0.05) is 176 Å². The van der Waals surface area contributed by atoms with Gasteiger partial charge in [0.15, 0.2) is 0 Å². The molecule has 0 fully saturated rings. The number of hydrogen-bond donors (Lipinski definition) is 0. The zero-order chi connectivity index (χ0) is 42.4. The Morgan fingerprint density at radius 2 is 0.969 bits per heavy atom. The summed E-state index contributed by atoms with van der Waals surface area (Å²) >= 11 is 0. The number of rotatable bonds is 8. The van der Waals surface area contributed by atoms with Gasteiger partial charge in [-0.3, -0.25) is 4.98 Å². The fourth-order valence-electron chi connectivity index (χ4n) is 10.1. The lowest BCUT2D eigenvalue weighted by molar-refractivity contribution is 0.786. The van der Waals surface area contributed by atoms with Crippen LogP contribution in [0.5, 0.6) is 0 Å². The van der Waals surface area contributed by atoms with Gasteiger partial charge in [-0.25, -0.2) is 0 Å². The summed E-state index contributed by atoms with van der Waals surface area (Å²) in [4.78, 5) is 5.10. The van der Waals surface area contributed by atoms with Gasteiger partial charge in [0.1, 0.15) is 0 Å². The predicted octanol–water partition coefficient (Wildman–Crippen LogP) is 16.1. The molecule has 64 heavy (non-hydrogen) atoms. The van der Waals surface area contributed by atoms with Crippen molar-refractivity contribution in [3.8, 4) is 67.5 Å². The quantitative estimate of drug-likeness (QED) is 0.140. The Kier molecular flexibility index (Phi) is 9.31. The predicted molar refractivity (Wildman–Crippen MR) is 268 cm³/mol. The Labute approximate surface area is 373 Å². The van der Waals surface area contributed by atoms with Gasteiger partial charge in [0, 0.05) is 34.7 Å². The Morgan fingerprint density at radius 1 is 0.406 bits per heavy atom. The first kappa shape index (κ1) is 37.5. The molecule has 0 radical (unpaired) electrons. The molecule has 1 aliphatic rings. The number of nitrogens with zero attached hydrogens (tertiary/aromatic N) is 3. The molecule has 1 unspecified atom stereocenters. The third kappa shape index (κ3) is 6.40. The number of benzene rings is 8. The number of aromatic nitrogens is 3. The van der Waals surface area contributed by atoms with Crippen LogP contribution in [-0.4, -0.2) is 14.1 Å². The normalized spacial score (nSPS) is 13.6. The molecular weight excluding hydrogens is 775 g/mol. The van der Waals surface area contributed by atoms with Gasteiger partial charge in [-0.2, -0.15) is 0 Å². The fourth-order valence-corrected chi connectivity index (χ4v) is 10.1. The average Bonchev–Trinajstić information content (AvgIpc) is 4.03. The zero-order valence-electron chi connectivity index (χ0n) is 35.2. The first-order valence-corrected chi connectivity index (χ1v) is 22.2. The van der Waals surface area contributed by atoms with Crippen molar-refractivity contribution in [2.45, 2.75) is 12.3 Å². The first-order valence-electron chi connectivity index (χ1n) is 22.2. The molecule has 3 heterocycles. The minimum Gasteiger partial charge on any atom is -0.313 e. The van der Waals surface area contributed by atoms with Crippen LogP contribution in [0.1, 0.15) is 18.0 Å². The van der Waals surface area contributed by atoms with E-state index in [4.69, 9.17) is 4.98 Å². The third-order valence-electron chi connectivity index (χ3n) is 12.9. The molecule has 302 valence electrons. The molecule has 0 aliphatic heterocycles. The van der Waals surface area contributed by atoms with Crippen LogP contribution in [0.15, 0.2) is 243 Å². The molecule has 3 heteroatoms. The second kappa shape index (κ2) is 15.9. The van der Waals surface area contributed by atoms with Gasteiger partial charge in [0.05, 0.1) is 22.8 Å². The molecule has 1 atom stereocenters. The average molecular weight is 818 g/mol. The second-order valence-corrected chi connectivity index (χ2v) is 16.6. The smallest absolute Gasteiger partial charge is 0.0714 e. The SMILES string of the molecule is C1=CCC(c2ccc(-c3ccccc3)n2-c2ccc3c(-c4cccc5ccccc45)c4cc(-n5c(-c6ccccc6)ccc5-c5ccccc5)ccc4c(-c4ccccn4)c3c2)C=C1. The number of allylic oxidation sites excluding steroid dienone is 4. The Morgan fingerprint density at radius 3 is 1.61 bits per heavy atom. The molecule has 12 rings (SSSR count). The van der Waals surface area contributed by atoms with E-state index in [0.717, 1.165) is 51.2 Å². The number of pyridine rings is 1. The van der Waals surface area contributed by atoms with Gasteiger partial charge in [0.2, 0.25) is 0 Å². The van der Waals surface area contributed by atoms with E-state index in [1.54, 1.807) is 0 Å². The van der Waals surface area contributed by atoms with Gasteiger partial charge in [-0.15, -0.1) is 0 Å². The molecule has 0 amide bonds. The van der Waals surface area contributed by atoms with Gasteiger partial charge < -0.3 is 9.13 Å². The Bertz CT molecular complexity index is 3500. The van der Waals surface area contributed by atoms with E-state index in [2.05, 4.69) is 240 Å². The summed E-state index contributed by atoms with van der Waals surface area (Å²) in [6.45, 7) is 0. The molecular formula is C61H43N3. The summed E-state index contributed by atoms with van der Waals surface area (Å²) in [6.07, 6.45) is 11.8. The van der Waals surface area contributed by atoms with E-state index >= 15 is 0 Å². The zero-order valence-corrected chi connectivity index (χ0v) is 35.2. The maximum Gasteiger partial charge on any atom is 0.0714 e. The molecule has 1 aliphatic carbocycles. The minimum absolute atomic E-state index is 0.255. The van der Waals surface area contributed by atoms with Crippen LogP contribution in [-0.2, 0) is 0 Å². The van der Waals surface area contributed by atoms with Gasteiger partial charge in [0.25, 0.3) is 0 Å².